The Hall–Kier alpha value is -3.61. The molecule has 7 heteroatoms. The van der Waals surface area contributed by atoms with Gasteiger partial charge in [0.25, 0.3) is 0 Å². The molecule has 2 aromatic rings. The van der Waals surface area contributed by atoms with E-state index in [1.165, 1.54) is 0 Å². The summed E-state index contributed by atoms with van der Waals surface area (Å²) in [7, 11) is 0. The maximum Gasteiger partial charge on any atom is 0.407 e. The summed E-state index contributed by atoms with van der Waals surface area (Å²) in [6.45, 7) is 7.66. The SMILES string of the molecule is C=CCCC(NC(=O)CC(C)(C)CNC(=O)OCC1c2ccccc2-c2ccccc21)C(=O)O. The highest BCUT2D eigenvalue weighted by Crippen LogP contribution is 2.44. The van der Waals surface area contributed by atoms with E-state index in [0.717, 1.165) is 22.3 Å². The van der Waals surface area contributed by atoms with Crippen molar-refractivity contribution >= 4 is 18.0 Å². The van der Waals surface area contributed by atoms with E-state index >= 15 is 0 Å². The highest BCUT2D eigenvalue weighted by Gasteiger charge is 2.30. The number of benzene rings is 2. The molecule has 2 amide bonds. The number of aliphatic carboxylic acids is 1. The maximum atomic E-state index is 12.4. The van der Waals surface area contributed by atoms with Gasteiger partial charge in [0.2, 0.25) is 5.91 Å². The molecule has 1 aliphatic carbocycles. The standard InChI is InChI=1S/C27H32N2O5/c1-4-5-14-23(25(31)32)29-24(30)15-27(2,3)17-28-26(33)34-16-22-20-12-8-6-10-18(20)19-11-7-9-13-21(19)22/h4,6-13,22-23H,1,5,14-17H2,2-3H3,(H,28,33)(H,29,30)(H,31,32). The molecule has 7 nitrogen and oxygen atoms in total. The van der Waals surface area contributed by atoms with Crippen molar-refractivity contribution in [2.75, 3.05) is 13.2 Å². The number of carboxylic acids is 1. The van der Waals surface area contributed by atoms with Gasteiger partial charge < -0.3 is 20.5 Å². The molecule has 1 unspecified atom stereocenters. The average Bonchev–Trinajstić information content (AvgIpc) is 3.12. The lowest BCUT2D eigenvalue weighted by Gasteiger charge is -2.25. The maximum absolute atomic E-state index is 12.4. The summed E-state index contributed by atoms with van der Waals surface area (Å²) < 4.78 is 5.54. The first kappa shape index (κ1) is 25.0. The van der Waals surface area contributed by atoms with E-state index in [2.05, 4.69) is 41.5 Å². The van der Waals surface area contributed by atoms with Gasteiger partial charge in [-0.2, -0.15) is 0 Å². The van der Waals surface area contributed by atoms with Crippen molar-refractivity contribution in [2.24, 2.45) is 5.41 Å². The first-order chi connectivity index (χ1) is 16.2. The number of fused-ring (bicyclic) bond motifs is 3. The normalized spacial score (nSPS) is 13.4. The van der Waals surface area contributed by atoms with E-state index in [1.807, 2.05) is 38.1 Å². The molecule has 34 heavy (non-hydrogen) atoms. The summed E-state index contributed by atoms with van der Waals surface area (Å²) in [6, 6.07) is 15.3. The smallest absolute Gasteiger partial charge is 0.407 e. The van der Waals surface area contributed by atoms with Crippen molar-refractivity contribution < 1.29 is 24.2 Å². The number of carboxylic acid groups (broad SMARTS) is 1. The van der Waals surface area contributed by atoms with Crippen molar-refractivity contribution in [2.45, 2.75) is 45.1 Å². The lowest BCUT2D eigenvalue weighted by atomic mass is 9.88. The quantitative estimate of drug-likeness (QED) is 0.426. The van der Waals surface area contributed by atoms with Crippen molar-refractivity contribution in [3.63, 3.8) is 0 Å². The van der Waals surface area contributed by atoms with Gasteiger partial charge in [-0.1, -0.05) is 68.5 Å². The van der Waals surface area contributed by atoms with Crippen LogP contribution in [0.25, 0.3) is 11.1 Å². The number of hydrogen-bond donors (Lipinski definition) is 3. The highest BCUT2D eigenvalue weighted by molar-refractivity contribution is 5.84. The predicted octanol–water partition coefficient (Wildman–Crippen LogP) is 4.48. The zero-order valence-corrected chi connectivity index (χ0v) is 19.7. The van der Waals surface area contributed by atoms with E-state index in [-0.39, 0.29) is 37.8 Å². The van der Waals surface area contributed by atoms with Crippen LogP contribution in [-0.2, 0) is 14.3 Å². The van der Waals surface area contributed by atoms with Crippen molar-refractivity contribution in [3.8, 4) is 11.1 Å². The molecule has 0 spiro atoms. The summed E-state index contributed by atoms with van der Waals surface area (Å²) in [5.41, 5.74) is 4.01. The second-order valence-corrected chi connectivity index (χ2v) is 9.34. The Morgan fingerprint density at radius 1 is 1.09 bits per heavy atom. The Morgan fingerprint density at radius 3 is 2.24 bits per heavy atom. The largest absolute Gasteiger partial charge is 0.480 e. The summed E-state index contributed by atoms with van der Waals surface area (Å²) in [4.78, 5) is 36.1. The van der Waals surface area contributed by atoms with Crippen LogP contribution in [0.4, 0.5) is 4.79 Å². The molecule has 0 bridgehead atoms. The first-order valence-electron chi connectivity index (χ1n) is 11.4. The number of ether oxygens (including phenoxy) is 1. The zero-order chi connectivity index (χ0) is 24.7. The summed E-state index contributed by atoms with van der Waals surface area (Å²) in [5, 5.41) is 14.6. The number of rotatable bonds is 11. The van der Waals surface area contributed by atoms with Crippen LogP contribution in [0.15, 0.2) is 61.2 Å². The van der Waals surface area contributed by atoms with Gasteiger partial charge >= 0.3 is 12.1 Å². The minimum absolute atomic E-state index is 0.0274. The molecule has 0 heterocycles. The fourth-order valence-electron chi connectivity index (χ4n) is 4.25. The van der Waals surface area contributed by atoms with E-state index in [9.17, 15) is 19.5 Å². The molecule has 0 aliphatic heterocycles. The third kappa shape index (κ3) is 6.25. The van der Waals surface area contributed by atoms with Gasteiger partial charge in [0, 0.05) is 18.9 Å². The molecule has 180 valence electrons. The van der Waals surface area contributed by atoms with Gasteiger partial charge in [-0.3, -0.25) is 4.79 Å². The molecular weight excluding hydrogens is 432 g/mol. The van der Waals surface area contributed by atoms with E-state index < -0.39 is 23.5 Å². The molecule has 1 aliphatic rings. The van der Waals surface area contributed by atoms with Gasteiger partial charge in [-0.15, -0.1) is 6.58 Å². The monoisotopic (exact) mass is 464 g/mol. The van der Waals surface area contributed by atoms with E-state index in [4.69, 9.17) is 4.74 Å². The fourth-order valence-corrected chi connectivity index (χ4v) is 4.25. The molecule has 2 aromatic carbocycles. The topological polar surface area (TPSA) is 105 Å². The van der Waals surface area contributed by atoms with Crippen LogP contribution >= 0.6 is 0 Å². The number of nitrogens with one attached hydrogen (secondary N) is 2. The summed E-state index contributed by atoms with van der Waals surface area (Å²) >= 11 is 0. The van der Waals surface area contributed by atoms with Gasteiger partial charge in [-0.05, 0) is 40.5 Å². The van der Waals surface area contributed by atoms with Crippen molar-refractivity contribution in [3.05, 3.63) is 72.3 Å². The van der Waals surface area contributed by atoms with Crippen LogP contribution in [0.5, 0.6) is 0 Å². The van der Waals surface area contributed by atoms with Crippen molar-refractivity contribution in [1.29, 1.82) is 0 Å². The Bertz CT molecular complexity index is 1020. The lowest BCUT2D eigenvalue weighted by Crippen LogP contribution is -2.44. The summed E-state index contributed by atoms with van der Waals surface area (Å²) in [5.74, 6) is -1.49. The van der Waals surface area contributed by atoms with Crippen LogP contribution in [0.3, 0.4) is 0 Å². The Labute approximate surface area is 200 Å². The zero-order valence-electron chi connectivity index (χ0n) is 19.7. The number of amides is 2. The summed E-state index contributed by atoms with van der Waals surface area (Å²) in [6.07, 6.45) is 1.90. The van der Waals surface area contributed by atoms with Crippen LogP contribution in [0.1, 0.15) is 50.2 Å². The predicted molar refractivity (Wildman–Crippen MR) is 130 cm³/mol. The average molecular weight is 465 g/mol. The highest BCUT2D eigenvalue weighted by atomic mass is 16.5. The number of alkyl carbamates (subject to hydrolysis) is 1. The molecule has 0 saturated carbocycles. The molecule has 1 atom stereocenters. The minimum atomic E-state index is -1.08. The second-order valence-electron chi connectivity index (χ2n) is 9.34. The Morgan fingerprint density at radius 2 is 1.68 bits per heavy atom. The van der Waals surface area contributed by atoms with Crippen LogP contribution in [-0.4, -0.2) is 42.3 Å². The molecular formula is C27H32N2O5. The third-order valence-electron chi connectivity index (χ3n) is 5.99. The van der Waals surface area contributed by atoms with Gasteiger partial charge in [0.1, 0.15) is 12.6 Å². The van der Waals surface area contributed by atoms with Crippen LogP contribution < -0.4 is 10.6 Å². The third-order valence-corrected chi connectivity index (χ3v) is 5.99. The minimum Gasteiger partial charge on any atom is -0.480 e. The number of hydrogen-bond acceptors (Lipinski definition) is 4. The molecule has 3 rings (SSSR count). The molecule has 3 N–H and O–H groups in total. The van der Waals surface area contributed by atoms with Crippen LogP contribution in [0.2, 0.25) is 0 Å². The molecule has 0 radical (unpaired) electrons. The van der Waals surface area contributed by atoms with Gasteiger partial charge in [0.05, 0.1) is 0 Å². The Balaban J connectivity index is 1.50. The fraction of sp³-hybridized carbons (Fsp3) is 0.370. The molecule has 0 fully saturated rings. The lowest BCUT2D eigenvalue weighted by molar-refractivity contribution is -0.142. The number of carbonyl (C=O) groups is 3. The first-order valence-corrected chi connectivity index (χ1v) is 11.4. The Kier molecular flexibility index (Phi) is 8.10. The van der Waals surface area contributed by atoms with Gasteiger partial charge in [-0.25, -0.2) is 9.59 Å². The number of allylic oxidation sites excluding steroid dienone is 1. The molecule has 0 aromatic heterocycles. The number of carbonyl (C=O) groups excluding carboxylic acids is 2. The van der Waals surface area contributed by atoms with Gasteiger partial charge in [0.15, 0.2) is 0 Å². The molecule has 0 saturated heterocycles. The van der Waals surface area contributed by atoms with Crippen molar-refractivity contribution in [1.82, 2.24) is 10.6 Å². The van der Waals surface area contributed by atoms with E-state index in [1.54, 1.807) is 6.08 Å². The van der Waals surface area contributed by atoms with E-state index in [0.29, 0.717) is 6.42 Å². The second kappa shape index (κ2) is 11.0. The van der Waals surface area contributed by atoms with Crippen LogP contribution in [0, 0.1) is 5.41 Å².